The summed E-state index contributed by atoms with van der Waals surface area (Å²) in [5.74, 6) is 0.753. The number of hydrogen-bond donors (Lipinski definition) is 1. The van der Waals surface area contributed by atoms with Gasteiger partial charge in [0.2, 0.25) is 5.91 Å². The molecule has 0 spiro atoms. The molecule has 0 unspecified atom stereocenters. The lowest BCUT2D eigenvalue weighted by atomic mass is 10.3. The number of carbonyl (C=O) groups excluding carboxylic acids is 1. The number of nitrogens with one attached hydrogen (secondary N) is 1. The monoisotopic (exact) mass is 282 g/mol. The molecule has 1 saturated heterocycles. The number of amides is 1. The second-order valence-electron chi connectivity index (χ2n) is 4.51. The summed E-state index contributed by atoms with van der Waals surface area (Å²) in [4.78, 5) is 13.2. The molecule has 1 fully saturated rings. The highest BCUT2D eigenvalue weighted by molar-refractivity contribution is 5.88. The molecular weight excluding hydrogens is 260 g/mol. The minimum atomic E-state index is -0.0685. The first-order valence-corrected chi connectivity index (χ1v) is 6.54. The van der Waals surface area contributed by atoms with Crippen LogP contribution in [0.15, 0.2) is 24.3 Å². The van der Waals surface area contributed by atoms with Gasteiger partial charge in [0.15, 0.2) is 0 Å². The average molecular weight is 282 g/mol. The first-order chi connectivity index (χ1) is 9.24. The first kappa shape index (κ1) is 16.4. The fourth-order valence-corrected chi connectivity index (χ4v) is 1.96. The van der Waals surface area contributed by atoms with Crippen LogP contribution in [0.4, 0.5) is 5.69 Å². The Morgan fingerprint density at radius 2 is 1.95 bits per heavy atom. The lowest BCUT2D eigenvalue weighted by Gasteiger charge is -2.26. The molecule has 1 aliphatic rings. The molecule has 0 saturated carbocycles. The van der Waals surface area contributed by atoms with E-state index in [9.17, 15) is 4.79 Å². The molecule has 6 nitrogen and oxygen atoms in total. The van der Waals surface area contributed by atoms with E-state index in [1.54, 1.807) is 0 Å². The fourth-order valence-electron chi connectivity index (χ4n) is 1.96. The number of hydrogen-bond acceptors (Lipinski definition) is 4. The Kier molecular flexibility index (Phi) is 7.00. The van der Waals surface area contributed by atoms with Gasteiger partial charge in [-0.25, -0.2) is 0 Å². The van der Waals surface area contributed by atoms with Gasteiger partial charge >= 0.3 is 0 Å². The maximum absolute atomic E-state index is 10.9. The minimum Gasteiger partial charge on any atom is -0.492 e. The highest BCUT2D eigenvalue weighted by Crippen LogP contribution is 2.15. The summed E-state index contributed by atoms with van der Waals surface area (Å²) < 4.78 is 11.0. The van der Waals surface area contributed by atoms with Gasteiger partial charge < -0.3 is 20.3 Å². The van der Waals surface area contributed by atoms with Crippen LogP contribution >= 0.6 is 0 Å². The smallest absolute Gasteiger partial charge is 0.221 e. The first-order valence-electron chi connectivity index (χ1n) is 6.54. The summed E-state index contributed by atoms with van der Waals surface area (Å²) in [6.45, 7) is 6.65. The number of nitrogens with zero attached hydrogens (tertiary/aromatic N) is 1. The van der Waals surface area contributed by atoms with Crippen LogP contribution < -0.4 is 10.1 Å². The molecule has 0 aromatic heterocycles. The van der Waals surface area contributed by atoms with Crippen LogP contribution in [-0.4, -0.2) is 55.7 Å². The van der Waals surface area contributed by atoms with E-state index in [0.29, 0.717) is 6.61 Å². The third-order valence-electron chi connectivity index (χ3n) is 2.95. The normalized spacial score (nSPS) is 15.2. The van der Waals surface area contributed by atoms with Crippen molar-refractivity contribution in [1.82, 2.24) is 4.90 Å². The lowest BCUT2D eigenvalue weighted by Crippen LogP contribution is -2.38. The van der Waals surface area contributed by atoms with Crippen LogP contribution in [0.2, 0.25) is 0 Å². The van der Waals surface area contributed by atoms with E-state index in [4.69, 9.17) is 9.47 Å². The van der Waals surface area contributed by atoms with Crippen LogP contribution in [0.5, 0.6) is 5.75 Å². The molecule has 0 atom stereocenters. The van der Waals surface area contributed by atoms with Crippen molar-refractivity contribution >= 4 is 11.6 Å². The van der Waals surface area contributed by atoms with Gasteiger partial charge in [-0.3, -0.25) is 9.69 Å². The van der Waals surface area contributed by atoms with Crippen LogP contribution in [0.1, 0.15) is 6.92 Å². The van der Waals surface area contributed by atoms with Crippen molar-refractivity contribution in [3.63, 3.8) is 0 Å². The zero-order valence-corrected chi connectivity index (χ0v) is 11.7. The number of carbonyl (C=O) groups is 1. The molecule has 1 aliphatic heterocycles. The van der Waals surface area contributed by atoms with Crippen LogP contribution in [0.3, 0.4) is 0 Å². The van der Waals surface area contributed by atoms with Crippen molar-refractivity contribution in [2.45, 2.75) is 6.92 Å². The molecule has 1 amide bonds. The zero-order valence-electron chi connectivity index (χ0n) is 11.7. The number of benzene rings is 1. The molecule has 0 aliphatic carbocycles. The van der Waals surface area contributed by atoms with Gasteiger partial charge in [0.05, 0.1) is 13.2 Å². The third kappa shape index (κ3) is 5.56. The lowest BCUT2D eigenvalue weighted by molar-refractivity contribution is -0.114. The summed E-state index contributed by atoms with van der Waals surface area (Å²) in [5, 5.41) is 2.72. The SMILES string of the molecule is CC(=O)Nc1ccc(OCCN2CCOCC2)cc1.O. The number of anilines is 1. The highest BCUT2D eigenvalue weighted by Gasteiger charge is 2.09. The minimum absolute atomic E-state index is 0. The summed E-state index contributed by atoms with van der Waals surface area (Å²) >= 11 is 0. The molecule has 0 bridgehead atoms. The van der Waals surface area contributed by atoms with Crippen LogP contribution in [-0.2, 0) is 9.53 Å². The van der Waals surface area contributed by atoms with Gasteiger partial charge in [0.25, 0.3) is 0 Å². The van der Waals surface area contributed by atoms with E-state index in [1.807, 2.05) is 24.3 Å². The van der Waals surface area contributed by atoms with Crippen molar-refractivity contribution in [2.75, 3.05) is 44.8 Å². The Balaban J connectivity index is 0.00000200. The number of ether oxygens (including phenoxy) is 2. The third-order valence-corrected chi connectivity index (χ3v) is 2.95. The number of morpholine rings is 1. The van der Waals surface area contributed by atoms with Crippen molar-refractivity contribution < 1.29 is 19.7 Å². The van der Waals surface area contributed by atoms with Crippen LogP contribution in [0.25, 0.3) is 0 Å². The van der Waals surface area contributed by atoms with Crippen molar-refractivity contribution in [3.05, 3.63) is 24.3 Å². The van der Waals surface area contributed by atoms with E-state index >= 15 is 0 Å². The van der Waals surface area contributed by atoms with E-state index in [1.165, 1.54) is 6.92 Å². The van der Waals surface area contributed by atoms with Crippen molar-refractivity contribution in [2.24, 2.45) is 0 Å². The molecule has 112 valence electrons. The quantitative estimate of drug-likeness (QED) is 0.854. The van der Waals surface area contributed by atoms with Gasteiger partial charge in [-0.1, -0.05) is 0 Å². The van der Waals surface area contributed by atoms with Gasteiger partial charge in [0, 0.05) is 32.2 Å². The van der Waals surface area contributed by atoms with Crippen LogP contribution in [0, 0.1) is 0 Å². The molecule has 3 N–H and O–H groups in total. The van der Waals surface area contributed by atoms with Gasteiger partial charge in [0.1, 0.15) is 12.4 Å². The Labute approximate surface area is 119 Å². The molecule has 6 heteroatoms. The second-order valence-corrected chi connectivity index (χ2v) is 4.51. The van der Waals surface area contributed by atoms with E-state index in [-0.39, 0.29) is 11.4 Å². The van der Waals surface area contributed by atoms with Gasteiger partial charge in [-0.15, -0.1) is 0 Å². The fraction of sp³-hybridized carbons (Fsp3) is 0.500. The molecule has 0 radical (unpaired) electrons. The molecule has 20 heavy (non-hydrogen) atoms. The Hall–Kier alpha value is -1.63. The predicted molar refractivity (Wildman–Crippen MR) is 77.1 cm³/mol. The summed E-state index contributed by atoms with van der Waals surface area (Å²) in [5.41, 5.74) is 0.785. The standard InChI is InChI=1S/C14H20N2O3.H2O/c1-12(17)15-13-2-4-14(5-3-13)19-11-8-16-6-9-18-10-7-16;/h2-5H,6-11H2,1H3,(H,15,17);1H2. The van der Waals surface area contributed by atoms with E-state index in [2.05, 4.69) is 10.2 Å². The average Bonchev–Trinajstić information content (AvgIpc) is 2.41. The zero-order chi connectivity index (χ0) is 13.5. The Morgan fingerprint density at radius 3 is 2.55 bits per heavy atom. The molecule has 1 aromatic carbocycles. The molecule has 2 rings (SSSR count). The maximum atomic E-state index is 10.9. The summed E-state index contributed by atoms with van der Waals surface area (Å²) in [7, 11) is 0. The maximum Gasteiger partial charge on any atom is 0.221 e. The second kappa shape index (κ2) is 8.52. The topological polar surface area (TPSA) is 82.3 Å². The molecule has 1 aromatic rings. The van der Waals surface area contributed by atoms with Crippen molar-refractivity contribution in [3.8, 4) is 5.75 Å². The predicted octanol–water partition coefficient (Wildman–Crippen LogP) is 0.531. The van der Waals surface area contributed by atoms with Crippen molar-refractivity contribution in [1.29, 1.82) is 0 Å². The van der Waals surface area contributed by atoms with E-state index in [0.717, 1.165) is 44.3 Å². The molecule has 1 heterocycles. The molecular formula is C14H22N2O4. The Bertz CT molecular complexity index is 402. The largest absolute Gasteiger partial charge is 0.492 e. The highest BCUT2D eigenvalue weighted by atomic mass is 16.5. The summed E-state index contributed by atoms with van der Waals surface area (Å²) in [6, 6.07) is 7.41. The van der Waals surface area contributed by atoms with Gasteiger partial charge in [-0.05, 0) is 24.3 Å². The van der Waals surface area contributed by atoms with E-state index < -0.39 is 0 Å². The van der Waals surface area contributed by atoms with Gasteiger partial charge in [-0.2, -0.15) is 0 Å². The number of rotatable bonds is 5. The summed E-state index contributed by atoms with van der Waals surface area (Å²) in [6.07, 6.45) is 0. The Morgan fingerprint density at radius 1 is 1.30 bits per heavy atom.